The standard InChI is InChI=1S/C27H40OSe/c1-5-6-8-14-23(2)15-11-16-24(3)17-12-18-25(4)19-13-22-27(28)29-26-20-9-7-10-21-26/h7,9-10,14,16,18,20-21H,5-6,8,11-13,15,17,19,22H2,1-4H3/b23-14+,24-16+,25-18+. The van der Waals surface area contributed by atoms with E-state index in [-0.39, 0.29) is 15.0 Å². The summed E-state index contributed by atoms with van der Waals surface area (Å²) in [7, 11) is 0. The summed E-state index contributed by atoms with van der Waals surface area (Å²) in [6.45, 7) is 8.97. The molecule has 0 fully saturated rings. The fraction of sp³-hybridized carbons (Fsp3) is 0.519. The van der Waals surface area contributed by atoms with Crippen LogP contribution >= 0.6 is 0 Å². The van der Waals surface area contributed by atoms with E-state index >= 15 is 0 Å². The molecule has 1 aromatic carbocycles. The van der Waals surface area contributed by atoms with Crippen molar-refractivity contribution in [2.24, 2.45) is 0 Å². The van der Waals surface area contributed by atoms with Gasteiger partial charge in [-0.05, 0) is 13.3 Å². The molecule has 0 atom stereocenters. The van der Waals surface area contributed by atoms with Crippen LogP contribution in [0.15, 0.2) is 65.3 Å². The van der Waals surface area contributed by atoms with Gasteiger partial charge in [0.15, 0.2) is 0 Å². The zero-order valence-corrected chi connectivity index (χ0v) is 20.7. The van der Waals surface area contributed by atoms with E-state index in [1.807, 2.05) is 18.2 Å². The molecular weight excluding hydrogens is 419 g/mol. The summed E-state index contributed by atoms with van der Waals surface area (Å²) in [5.41, 5.74) is 4.45. The van der Waals surface area contributed by atoms with Gasteiger partial charge >= 0.3 is 141 Å². The van der Waals surface area contributed by atoms with Crippen molar-refractivity contribution in [3.63, 3.8) is 0 Å². The van der Waals surface area contributed by atoms with Gasteiger partial charge in [0.2, 0.25) is 0 Å². The van der Waals surface area contributed by atoms with E-state index in [1.165, 1.54) is 46.9 Å². The van der Waals surface area contributed by atoms with Crippen molar-refractivity contribution >= 4 is 24.1 Å². The predicted molar refractivity (Wildman–Crippen MR) is 130 cm³/mol. The monoisotopic (exact) mass is 460 g/mol. The molecule has 0 saturated heterocycles. The number of benzene rings is 1. The van der Waals surface area contributed by atoms with Crippen molar-refractivity contribution in [2.45, 2.75) is 91.9 Å². The van der Waals surface area contributed by atoms with Crippen LogP contribution in [0, 0.1) is 0 Å². The van der Waals surface area contributed by atoms with Gasteiger partial charge in [-0.2, -0.15) is 0 Å². The molecule has 1 nitrogen and oxygen atoms in total. The van der Waals surface area contributed by atoms with Gasteiger partial charge in [-0.3, -0.25) is 0 Å². The summed E-state index contributed by atoms with van der Waals surface area (Å²) < 4.78 is 1.60. The van der Waals surface area contributed by atoms with Gasteiger partial charge in [-0.25, -0.2) is 0 Å². The molecule has 0 unspecified atom stereocenters. The molecule has 0 aliphatic rings. The first-order valence-electron chi connectivity index (χ1n) is 11.2. The van der Waals surface area contributed by atoms with Gasteiger partial charge in [0.25, 0.3) is 0 Å². The van der Waals surface area contributed by atoms with E-state index < -0.39 is 0 Å². The van der Waals surface area contributed by atoms with Crippen LogP contribution in [0.1, 0.15) is 91.9 Å². The van der Waals surface area contributed by atoms with Gasteiger partial charge < -0.3 is 0 Å². The van der Waals surface area contributed by atoms with Crippen molar-refractivity contribution < 1.29 is 4.79 Å². The molecule has 1 aromatic rings. The first-order chi connectivity index (χ1) is 14.0. The third-order valence-corrected chi connectivity index (χ3v) is 7.01. The summed E-state index contributed by atoms with van der Waals surface area (Å²) in [6.07, 6.45) is 18.3. The first kappa shape index (κ1) is 25.7. The number of rotatable bonds is 15. The minimum absolute atomic E-state index is 0.0235. The molecule has 2 heteroatoms. The molecule has 1 rings (SSSR count). The average molecular weight is 460 g/mol. The number of allylic oxidation sites excluding steroid dienone is 6. The Morgan fingerprint density at radius 1 is 0.759 bits per heavy atom. The molecule has 0 amide bonds. The number of unbranched alkanes of at least 4 members (excludes halogenated alkanes) is 2. The van der Waals surface area contributed by atoms with Crippen LogP contribution in [0.2, 0.25) is 0 Å². The maximum absolute atomic E-state index is 12.1. The van der Waals surface area contributed by atoms with Crippen LogP contribution in [-0.2, 0) is 4.79 Å². The van der Waals surface area contributed by atoms with Crippen LogP contribution in [-0.4, -0.2) is 19.6 Å². The molecule has 0 saturated carbocycles. The van der Waals surface area contributed by atoms with E-state index in [9.17, 15) is 4.79 Å². The number of carbonyl (C=O) groups is 1. The predicted octanol–water partition coefficient (Wildman–Crippen LogP) is 7.30. The molecule has 0 heterocycles. The van der Waals surface area contributed by atoms with Crippen molar-refractivity contribution in [1.29, 1.82) is 0 Å². The molecule has 0 aliphatic carbocycles. The molecule has 0 radical (unpaired) electrons. The fourth-order valence-electron chi connectivity index (χ4n) is 3.13. The maximum atomic E-state index is 12.1. The average Bonchev–Trinajstić information content (AvgIpc) is 2.69. The second-order valence-corrected chi connectivity index (χ2v) is 10.4. The fourth-order valence-corrected chi connectivity index (χ4v) is 4.82. The van der Waals surface area contributed by atoms with Gasteiger partial charge in [0, 0.05) is 0 Å². The molecule has 160 valence electrons. The summed E-state index contributed by atoms with van der Waals surface area (Å²) in [6, 6.07) is 10.1. The number of hydrogen-bond donors (Lipinski definition) is 0. The molecule has 0 spiro atoms. The van der Waals surface area contributed by atoms with Gasteiger partial charge in [-0.15, -0.1) is 0 Å². The van der Waals surface area contributed by atoms with E-state index in [1.54, 1.807) is 0 Å². The van der Waals surface area contributed by atoms with E-state index in [2.05, 4.69) is 58.1 Å². The zero-order chi connectivity index (χ0) is 21.3. The Labute approximate surface area is 185 Å². The molecule has 0 aromatic heterocycles. The van der Waals surface area contributed by atoms with Gasteiger partial charge in [-0.1, -0.05) is 31.4 Å². The Morgan fingerprint density at radius 2 is 1.31 bits per heavy atom. The Kier molecular flexibility index (Phi) is 14.5. The van der Waals surface area contributed by atoms with Crippen molar-refractivity contribution in [3.05, 3.63) is 65.3 Å². The summed E-state index contributed by atoms with van der Waals surface area (Å²) in [5.74, 6) is 0. The molecule has 0 bridgehead atoms. The van der Waals surface area contributed by atoms with E-state index in [0.717, 1.165) is 32.1 Å². The van der Waals surface area contributed by atoms with Gasteiger partial charge in [0.1, 0.15) is 0 Å². The van der Waals surface area contributed by atoms with Gasteiger partial charge in [0.05, 0.1) is 0 Å². The second kappa shape index (κ2) is 16.4. The van der Waals surface area contributed by atoms with Crippen LogP contribution in [0.4, 0.5) is 0 Å². The normalized spacial score (nSPS) is 13.0. The summed E-state index contributed by atoms with van der Waals surface area (Å²) in [4.78, 5) is 12.1. The van der Waals surface area contributed by atoms with E-state index in [4.69, 9.17) is 0 Å². The third kappa shape index (κ3) is 14.3. The molecule has 0 N–H and O–H groups in total. The van der Waals surface area contributed by atoms with Crippen molar-refractivity contribution in [3.8, 4) is 0 Å². The quantitative estimate of drug-likeness (QED) is 0.153. The summed E-state index contributed by atoms with van der Waals surface area (Å²) in [5, 5.41) is 0. The minimum atomic E-state index is -0.0235. The van der Waals surface area contributed by atoms with Crippen LogP contribution in [0.3, 0.4) is 0 Å². The topological polar surface area (TPSA) is 17.1 Å². The Morgan fingerprint density at radius 3 is 1.90 bits per heavy atom. The van der Waals surface area contributed by atoms with Crippen LogP contribution in [0.5, 0.6) is 0 Å². The molecular formula is C27H40OSe. The Hall–Kier alpha value is -1.37. The Balaban J connectivity index is 2.17. The number of hydrogen-bond acceptors (Lipinski definition) is 1. The summed E-state index contributed by atoms with van der Waals surface area (Å²) >= 11 is -0.0235. The van der Waals surface area contributed by atoms with Crippen molar-refractivity contribution in [2.75, 3.05) is 0 Å². The SMILES string of the molecule is CCCC/C=C(\C)CC/C=C(\C)CC/C=C(\C)CCCC(=O)[Se]c1ccccc1. The van der Waals surface area contributed by atoms with Crippen molar-refractivity contribution in [1.82, 2.24) is 0 Å². The second-order valence-electron chi connectivity index (χ2n) is 8.01. The Bertz CT molecular complexity index is 667. The molecule has 29 heavy (non-hydrogen) atoms. The molecule has 0 aliphatic heterocycles. The number of carbonyl (C=O) groups excluding carboxylic acids is 1. The van der Waals surface area contributed by atoms with E-state index in [0.29, 0.717) is 11.1 Å². The first-order valence-corrected chi connectivity index (χ1v) is 12.9. The zero-order valence-electron chi connectivity index (χ0n) is 19.0. The van der Waals surface area contributed by atoms with Crippen LogP contribution in [0.25, 0.3) is 0 Å². The van der Waals surface area contributed by atoms with Crippen LogP contribution < -0.4 is 4.46 Å². The third-order valence-electron chi connectivity index (χ3n) is 5.04.